The molecule has 2 rings (SSSR count). The number of hydrogen-bond donors (Lipinski definition) is 2. The SMILES string of the molecule is O=C(O)C1(C(=O)Nc2cc(F)ccc2F)COC1. The van der Waals surface area contributed by atoms with Crippen molar-refractivity contribution >= 4 is 17.6 Å². The number of hydrogen-bond acceptors (Lipinski definition) is 3. The summed E-state index contributed by atoms with van der Waals surface area (Å²) in [6, 6.07) is 2.52. The predicted molar refractivity (Wildman–Crippen MR) is 55.9 cm³/mol. The summed E-state index contributed by atoms with van der Waals surface area (Å²) in [5, 5.41) is 11.0. The van der Waals surface area contributed by atoms with Gasteiger partial charge in [0.15, 0.2) is 5.41 Å². The minimum atomic E-state index is -1.72. The van der Waals surface area contributed by atoms with Gasteiger partial charge in [0, 0.05) is 6.07 Å². The Morgan fingerprint density at radius 2 is 2.00 bits per heavy atom. The lowest BCUT2D eigenvalue weighted by Gasteiger charge is -2.35. The predicted octanol–water partition coefficient (Wildman–Crippen LogP) is 1.00. The van der Waals surface area contributed by atoms with Crippen molar-refractivity contribution in [3.63, 3.8) is 0 Å². The van der Waals surface area contributed by atoms with Crippen LogP contribution >= 0.6 is 0 Å². The summed E-state index contributed by atoms with van der Waals surface area (Å²) < 4.78 is 30.9. The zero-order valence-corrected chi connectivity index (χ0v) is 9.07. The molecule has 0 atom stereocenters. The van der Waals surface area contributed by atoms with Crippen LogP contribution in [0.4, 0.5) is 14.5 Å². The quantitative estimate of drug-likeness (QED) is 0.792. The summed E-state index contributed by atoms with van der Waals surface area (Å²) in [5.74, 6) is -3.86. The molecule has 1 aromatic rings. The van der Waals surface area contributed by atoms with Crippen LogP contribution in [0.1, 0.15) is 0 Å². The smallest absolute Gasteiger partial charge is 0.324 e. The molecule has 1 aromatic carbocycles. The van der Waals surface area contributed by atoms with Crippen LogP contribution in [0.3, 0.4) is 0 Å². The Kier molecular flexibility index (Phi) is 3.00. The van der Waals surface area contributed by atoms with Crippen LogP contribution in [0.2, 0.25) is 0 Å². The molecule has 1 heterocycles. The molecule has 1 saturated heterocycles. The van der Waals surface area contributed by atoms with Gasteiger partial charge in [0.2, 0.25) is 5.91 Å². The number of carboxylic acid groups (broad SMARTS) is 1. The Morgan fingerprint density at radius 1 is 1.33 bits per heavy atom. The Bertz CT molecular complexity index is 514. The highest BCUT2D eigenvalue weighted by atomic mass is 19.1. The maximum Gasteiger partial charge on any atom is 0.324 e. The number of aliphatic carboxylic acids is 1. The Labute approximate surface area is 100 Å². The maximum absolute atomic E-state index is 13.3. The Hall–Kier alpha value is -2.02. The van der Waals surface area contributed by atoms with Crippen molar-refractivity contribution in [2.75, 3.05) is 18.5 Å². The molecule has 0 aliphatic carbocycles. The number of benzene rings is 1. The average Bonchev–Trinajstić information content (AvgIpc) is 2.21. The number of carbonyl (C=O) groups is 2. The van der Waals surface area contributed by atoms with Gasteiger partial charge in [-0.2, -0.15) is 0 Å². The number of carbonyl (C=O) groups excluding carboxylic acids is 1. The minimum absolute atomic E-state index is 0.287. The lowest BCUT2D eigenvalue weighted by atomic mass is 9.85. The molecule has 0 spiro atoms. The third kappa shape index (κ3) is 1.92. The van der Waals surface area contributed by atoms with Crippen molar-refractivity contribution in [1.29, 1.82) is 0 Å². The van der Waals surface area contributed by atoms with Gasteiger partial charge in [-0.25, -0.2) is 8.78 Å². The summed E-state index contributed by atoms with van der Waals surface area (Å²) in [6.45, 7) is -0.573. The van der Waals surface area contributed by atoms with E-state index >= 15 is 0 Å². The van der Waals surface area contributed by atoms with Crippen molar-refractivity contribution in [3.05, 3.63) is 29.8 Å². The van der Waals surface area contributed by atoms with Crippen LogP contribution in [0.5, 0.6) is 0 Å². The van der Waals surface area contributed by atoms with E-state index in [9.17, 15) is 18.4 Å². The van der Waals surface area contributed by atoms with E-state index in [1.54, 1.807) is 0 Å². The minimum Gasteiger partial charge on any atom is -0.480 e. The molecule has 1 aliphatic heterocycles. The highest BCUT2D eigenvalue weighted by Gasteiger charge is 2.53. The molecule has 0 bridgehead atoms. The summed E-state index contributed by atoms with van der Waals surface area (Å²) in [4.78, 5) is 22.7. The topological polar surface area (TPSA) is 75.6 Å². The van der Waals surface area contributed by atoms with Crippen LogP contribution < -0.4 is 5.32 Å². The lowest BCUT2D eigenvalue weighted by molar-refractivity contribution is -0.182. The number of amides is 1. The van der Waals surface area contributed by atoms with Crippen molar-refractivity contribution in [3.8, 4) is 0 Å². The van der Waals surface area contributed by atoms with Gasteiger partial charge in [0.25, 0.3) is 0 Å². The standard InChI is InChI=1S/C11H9F2NO4/c12-6-1-2-7(13)8(3-6)14-9(15)11(10(16)17)4-18-5-11/h1-3H,4-5H2,(H,14,15)(H,16,17). The Morgan fingerprint density at radius 3 is 2.50 bits per heavy atom. The van der Waals surface area contributed by atoms with Gasteiger partial charge in [-0.1, -0.05) is 0 Å². The zero-order valence-electron chi connectivity index (χ0n) is 9.07. The fourth-order valence-electron chi connectivity index (χ4n) is 1.49. The molecule has 0 radical (unpaired) electrons. The fourth-order valence-corrected chi connectivity index (χ4v) is 1.49. The second-order valence-electron chi connectivity index (χ2n) is 3.96. The first-order valence-electron chi connectivity index (χ1n) is 5.03. The first kappa shape index (κ1) is 12.4. The van der Waals surface area contributed by atoms with Crippen molar-refractivity contribution in [1.82, 2.24) is 0 Å². The fraction of sp³-hybridized carbons (Fsp3) is 0.273. The van der Waals surface area contributed by atoms with E-state index in [4.69, 9.17) is 9.84 Å². The van der Waals surface area contributed by atoms with Gasteiger partial charge in [-0.3, -0.25) is 9.59 Å². The molecule has 7 heteroatoms. The molecule has 2 N–H and O–H groups in total. The van der Waals surface area contributed by atoms with Gasteiger partial charge in [-0.15, -0.1) is 0 Å². The monoisotopic (exact) mass is 257 g/mol. The molecule has 18 heavy (non-hydrogen) atoms. The largest absolute Gasteiger partial charge is 0.480 e. The molecular weight excluding hydrogens is 248 g/mol. The number of ether oxygens (including phenoxy) is 1. The molecule has 96 valence electrons. The van der Waals surface area contributed by atoms with Crippen LogP contribution in [0.25, 0.3) is 0 Å². The number of anilines is 1. The summed E-state index contributed by atoms with van der Waals surface area (Å²) in [7, 11) is 0. The molecule has 0 unspecified atom stereocenters. The van der Waals surface area contributed by atoms with Gasteiger partial charge in [0.1, 0.15) is 11.6 Å². The van der Waals surface area contributed by atoms with E-state index in [2.05, 4.69) is 5.32 Å². The molecule has 0 aromatic heterocycles. The van der Waals surface area contributed by atoms with E-state index in [1.807, 2.05) is 0 Å². The molecular formula is C11H9F2NO4. The van der Waals surface area contributed by atoms with Gasteiger partial charge in [0.05, 0.1) is 18.9 Å². The van der Waals surface area contributed by atoms with Crippen LogP contribution in [-0.4, -0.2) is 30.2 Å². The van der Waals surface area contributed by atoms with E-state index in [0.717, 1.165) is 18.2 Å². The number of halogens is 2. The molecule has 5 nitrogen and oxygen atoms in total. The molecule has 0 saturated carbocycles. The maximum atomic E-state index is 13.3. The van der Waals surface area contributed by atoms with Gasteiger partial charge in [-0.05, 0) is 12.1 Å². The summed E-state index contributed by atoms with van der Waals surface area (Å²) >= 11 is 0. The van der Waals surface area contributed by atoms with Crippen molar-refractivity contribution in [2.24, 2.45) is 5.41 Å². The third-order valence-electron chi connectivity index (χ3n) is 2.72. The van der Waals surface area contributed by atoms with Crippen molar-refractivity contribution in [2.45, 2.75) is 0 Å². The third-order valence-corrected chi connectivity index (χ3v) is 2.72. The van der Waals surface area contributed by atoms with Gasteiger partial charge >= 0.3 is 5.97 Å². The van der Waals surface area contributed by atoms with E-state index in [0.29, 0.717) is 0 Å². The van der Waals surface area contributed by atoms with E-state index in [1.165, 1.54) is 0 Å². The highest BCUT2D eigenvalue weighted by Crippen LogP contribution is 2.30. The average molecular weight is 257 g/mol. The molecule has 1 aliphatic rings. The zero-order chi connectivity index (χ0) is 13.3. The van der Waals surface area contributed by atoms with Gasteiger partial charge < -0.3 is 15.2 Å². The number of carboxylic acids is 1. The van der Waals surface area contributed by atoms with Crippen molar-refractivity contribution < 1.29 is 28.2 Å². The van der Waals surface area contributed by atoms with Crippen LogP contribution in [0, 0.1) is 17.0 Å². The number of nitrogens with one attached hydrogen (secondary N) is 1. The highest BCUT2D eigenvalue weighted by molar-refractivity contribution is 6.09. The second kappa shape index (κ2) is 4.34. The summed E-state index contributed by atoms with van der Waals surface area (Å²) in [6.07, 6.45) is 0. The van der Waals surface area contributed by atoms with Crippen LogP contribution in [-0.2, 0) is 14.3 Å². The first-order valence-corrected chi connectivity index (χ1v) is 5.03. The normalized spacial score (nSPS) is 16.8. The lowest BCUT2D eigenvalue weighted by Crippen LogP contribution is -2.57. The second-order valence-corrected chi connectivity index (χ2v) is 3.96. The Balaban J connectivity index is 2.21. The van der Waals surface area contributed by atoms with E-state index in [-0.39, 0.29) is 13.2 Å². The summed E-state index contributed by atoms with van der Waals surface area (Å²) in [5.41, 5.74) is -2.12. The molecule has 1 fully saturated rings. The van der Waals surface area contributed by atoms with Crippen LogP contribution in [0.15, 0.2) is 18.2 Å². The first-order chi connectivity index (χ1) is 8.45. The molecule has 1 amide bonds. The van der Waals surface area contributed by atoms with E-state index < -0.39 is 34.6 Å². The number of rotatable bonds is 3.